The highest BCUT2D eigenvalue weighted by atomic mass is 16.5. The maximum Gasteiger partial charge on any atom is 0.135 e. The molecule has 2 N–H and O–H groups in total. The summed E-state index contributed by atoms with van der Waals surface area (Å²) in [6, 6.07) is 6.05. The molecule has 0 spiro atoms. The first-order chi connectivity index (χ1) is 7.27. The number of ether oxygens (including phenoxy) is 1. The van der Waals surface area contributed by atoms with Crippen molar-refractivity contribution in [1.29, 1.82) is 0 Å². The zero-order chi connectivity index (χ0) is 10.8. The number of para-hydroxylation sites is 1. The summed E-state index contributed by atoms with van der Waals surface area (Å²) in [5.74, 6) is 0.924. The Labute approximate surface area is 88.7 Å². The van der Waals surface area contributed by atoms with Gasteiger partial charge in [0.25, 0.3) is 0 Å². The number of hydrogen-bond acceptors (Lipinski definition) is 3. The van der Waals surface area contributed by atoms with E-state index in [4.69, 9.17) is 10.5 Å². The van der Waals surface area contributed by atoms with E-state index in [2.05, 4.69) is 4.98 Å². The zero-order valence-electron chi connectivity index (χ0n) is 9.03. The average molecular weight is 205 g/mol. The zero-order valence-corrected chi connectivity index (χ0v) is 9.03. The molecule has 1 heterocycles. The number of nitrogens with two attached hydrogens (primary N) is 1. The van der Waals surface area contributed by atoms with Gasteiger partial charge in [0.2, 0.25) is 0 Å². The number of fused-ring (bicyclic) bond motifs is 1. The second-order valence-corrected chi connectivity index (χ2v) is 3.51. The predicted molar refractivity (Wildman–Crippen MR) is 59.3 cm³/mol. The number of aromatic nitrogens is 2. The van der Waals surface area contributed by atoms with Crippen molar-refractivity contribution >= 4 is 11.0 Å². The largest absolute Gasteiger partial charge is 0.377 e. The maximum atomic E-state index is 5.67. The van der Waals surface area contributed by atoms with E-state index in [9.17, 15) is 0 Å². The molecule has 0 bridgehead atoms. The molecule has 0 unspecified atom stereocenters. The average Bonchev–Trinajstić information content (AvgIpc) is 2.57. The van der Waals surface area contributed by atoms with E-state index >= 15 is 0 Å². The summed E-state index contributed by atoms with van der Waals surface area (Å²) >= 11 is 0. The lowest BCUT2D eigenvalue weighted by Crippen LogP contribution is -1.98. The molecule has 4 nitrogen and oxygen atoms in total. The molecule has 0 radical (unpaired) electrons. The molecule has 0 aliphatic rings. The molecule has 0 aliphatic heterocycles. The van der Waals surface area contributed by atoms with Crippen LogP contribution in [0.4, 0.5) is 0 Å². The minimum absolute atomic E-state index is 0.515. The van der Waals surface area contributed by atoms with E-state index in [0.29, 0.717) is 13.2 Å². The van der Waals surface area contributed by atoms with Crippen LogP contribution in [0.1, 0.15) is 11.4 Å². The normalized spacial score (nSPS) is 11.1. The van der Waals surface area contributed by atoms with E-state index in [1.807, 2.05) is 29.8 Å². The number of imidazole rings is 1. The fraction of sp³-hybridized carbons (Fsp3) is 0.364. The number of nitrogens with zero attached hydrogens (tertiary/aromatic N) is 2. The topological polar surface area (TPSA) is 53.1 Å². The number of methoxy groups -OCH3 is 1. The smallest absolute Gasteiger partial charge is 0.135 e. The van der Waals surface area contributed by atoms with Crippen LogP contribution < -0.4 is 5.73 Å². The van der Waals surface area contributed by atoms with E-state index in [0.717, 1.165) is 22.4 Å². The highest BCUT2D eigenvalue weighted by molar-refractivity contribution is 5.79. The SMILES string of the molecule is COCc1nc2c(CN)cccc2n1C. The molecular formula is C11H15N3O. The van der Waals surface area contributed by atoms with Crippen LogP contribution in [0.5, 0.6) is 0 Å². The third kappa shape index (κ3) is 1.62. The van der Waals surface area contributed by atoms with Crippen LogP contribution >= 0.6 is 0 Å². The van der Waals surface area contributed by atoms with E-state index in [-0.39, 0.29) is 0 Å². The van der Waals surface area contributed by atoms with E-state index in [1.54, 1.807) is 7.11 Å². The second-order valence-electron chi connectivity index (χ2n) is 3.51. The molecule has 1 aromatic carbocycles. The molecule has 0 amide bonds. The lowest BCUT2D eigenvalue weighted by molar-refractivity contribution is 0.176. The van der Waals surface area contributed by atoms with Gasteiger partial charge in [-0.3, -0.25) is 0 Å². The van der Waals surface area contributed by atoms with Gasteiger partial charge in [-0.2, -0.15) is 0 Å². The van der Waals surface area contributed by atoms with E-state index in [1.165, 1.54) is 0 Å². The first kappa shape index (κ1) is 10.1. The maximum absolute atomic E-state index is 5.67. The number of benzene rings is 1. The summed E-state index contributed by atoms with van der Waals surface area (Å²) in [7, 11) is 3.66. The summed E-state index contributed by atoms with van der Waals surface area (Å²) in [5, 5.41) is 0. The number of rotatable bonds is 3. The van der Waals surface area contributed by atoms with Crippen LogP contribution in [-0.2, 0) is 24.9 Å². The van der Waals surface area contributed by atoms with Crippen molar-refractivity contribution in [1.82, 2.24) is 9.55 Å². The Bertz CT molecular complexity index is 476. The Morgan fingerprint density at radius 1 is 1.47 bits per heavy atom. The van der Waals surface area contributed by atoms with Gasteiger partial charge in [0.1, 0.15) is 12.4 Å². The Balaban J connectivity index is 2.64. The molecule has 2 aromatic rings. The summed E-state index contributed by atoms with van der Waals surface area (Å²) in [6.45, 7) is 1.04. The third-order valence-electron chi connectivity index (χ3n) is 2.58. The molecule has 0 saturated carbocycles. The number of hydrogen-bond donors (Lipinski definition) is 1. The molecule has 0 saturated heterocycles. The van der Waals surface area contributed by atoms with Crippen molar-refractivity contribution in [2.24, 2.45) is 12.8 Å². The first-order valence-electron chi connectivity index (χ1n) is 4.90. The van der Waals surface area contributed by atoms with Gasteiger partial charge in [-0.25, -0.2) is 4.98 Å². The van der Waals surface area contributed by atoms with Crippen LogP contribution in [0.3, 0.4) is 0 Å². The van der Waals surface area contributed by atoms with Crippen LogP contribution in [0.2, 0.25) is 0 Å². The van der Waals surface area contributed by atoms with Crippen LogP contribution in [0, 0.1) is 0 Å². The summed E-state index contributed by atoms with van der Waals surface area (Å²) < 4.78 is 7.14. The summed E-state index contributed by atoms with van der Waals surface area (Å²) in [4.78, 5) is 4.53. The molecular weight excluding hydrogens is 190 g/mol. The Kier molecular flexibility index (Phi) is 2.70. The predicted octanol–water partition coefficient (Wildman–Crippen LogP) is 1.18. The van der Waals surface area contributed by atoms with Gasteiger partial charge >= 0.3 is 0 Å². The Morgan fingerprint density at radius 2 is 2.27 bits per heavy atom. The van der Waals surface area contributed by atoms with E-state index < -0.39 is 0 Å². The standard InChI is InChI=1S/C11H15N3O/c1-14-9-5-3-4-8(6-12)11(9)13-10(14)7-15-2/h3-5H,6-7,12H2,1-2H3. The van der Waals surface area contributed by atoms with Crippen molar-refractivity contribution in [3.05, 3.63) is 29.6 Å². The Hall–Kier alpha value is -1.39. The number of aryl methyl sites for hydroxylation is 1. The monoisotopic (exact) mass is 205 g/mol. The molecule has 80 valence electrons. The van der Waals surface area contributed by atoms with Crippen LogP contribution in [0.15, 0.2) is 18.2 Å². The summed E-state index contributed by atoms with van der Waals surface area (Å²) in [5.41, 5.74) is 8.83. The fourth-order valence-corrected chi connectivity index (χ4v) is 1.74. The molecule has 0 aliphatic carbocycles. The van der Waals surface area contributed by atoms with Crippen molar-refractivity contribution < 1.29 is 4.74 Å². The minimum atomic E-state index is 0.515. The van der Waals surface area contributed by atoms with Gasteiger partial charge in [0.15, 0.2) is 0 Å². The second kappa shape index (κ2) is 4.00. The molecule has 0 fully saturated rings. The quantitative estimate of drug-likeness (QED) is 0.818. The minimum Gasteiger partial charge on any atom is -0.377 e. The third-order valence-corrected chi connectivity index (χ3v) is 2.58. The van der Waals surface area contributed by atoms with Crippen molar-refractivity contribution in [3.8, 4) is 0 Å². The van der Waals surface area contributed by atoms with Crippen molar-refractivity contribution in [2.75, 3.05) is 7.11 Å². The summed E-state index contributed by atoms with van der Waals surface area (Å²) in [6.07, 6.45) is 0. The highest BCUT2D eigenvalue weighted by Crippen LogP contribution is 2.19. The Morgan fingerprint density at radius 3 is 2.93 bits per heavy atom. The lowest BCUT2D eigenvalue weighted by Gasteiger charge is -2.00. The van der Waals surface area contributed by atoms with Gasteiger partial charge in [0, 0.05) is 20.7 Å². The van der Waals surface area contributed by atoms with Gasteiger partial charge in [-0.1, -0.05) is 12.1 Å². The van der Waals surface area contributed by atoms with Crippen molar-refractivity contribution in [3.63, 3.8) is 0 Å². The van der Waals surface area contributed by atoms with Crippen LogP contribution in [0.25, 0.3) is 11.0 Å². The van der Waals surface area contributed by atoms with Gasteiger partial charge in [-0.05, 0) is 11.6 Å². The first-order valence-corrected chi connectivity index (χ1v) is 4.90. The van der Waals surface area contributed by atoms with Crippen molar-refractivity contribution in [2.45, 2.75) is 13.2 Å². The molecule has 0 atom stereocenters. The van der Waals surface area contributed by atoms with Gasteiger partial charge in [-0.15, -0.1) is 0 Å². The highest BCUT2D eigenvalue weighted by Gasteiger charge is 2.09. The lowest BCUT2D eigenvalue weighted by atomic mass is 10.2. The molecule has 1 aromatic heterocycles. The molecule has 4 heteroatoms. The van der Waals surface area contributed by atoms with Gasteiger partial charge < -0.3 is 15.0 Å². The van der Waals surface area contributed by atoms with Gasteiger partial charge in [0.05, 0.1) is 11.0 Å². The molecule has 15 heavy (non-hydrogen) atoms. The fourth-order valence-electron chi connectivity index (χ4n) is 1.74. The van der Waals surface area contributed by atoms with Crippen LogP contribution in [-0.4, -0.2) is 16.7 Å². The molecule has 2 rings (SSSR count).